The number of aryl methyl sites for hydroxylation is 1. The standard InChI is InChI=1S/C17H15F2N5O/c1-23-9-12(14(22-23)15(18)19)17(25)24-6-4-13-11(8-24)7-10-3-2-5-20-16(10)21-13/h2-3,5,7,9,15H,4,6,8H2,1H3. The van der Waals surface area contributed by atoms with E-state index in [1.165, 1.54) is 17.9 Å². The van der Waals surface area contributed by atoms with E-state index in [1.807, 2.05) is 18.2 Å². The smallest absolute Gasteiger partial charge is 0.282 e. The number of halogens is 2. The van der Waals surface area contributed by atoms with Crippen LogP contribution in [0.1, 0.15) is 33.7 Å². The van der Waals surface area contributed by atoms with Crippen LogP contribution in [0.2, 0.25) is 0 Å². The van der Waals surface area contributed by atoms with Gasteiger partial charge in [-0.3, -0.25) is 9.48 Å². The Kier molecular flexibility index (Phi) is 3.67. The van der Waals surface area contributed by atoms with Crippen molar-refractivity contribution < 1.29 is 13.6 Å². The van der Waals surface area contributed by atoms with Gasteiger partial charge in [-0.25, -0.2) is 18.7 Å². The molecule has 128 valence electrons. The zero-order valence-electron chi connectivity index (χ0n) is 13.5. The number of rotatable bonds is 2. The van der Waals surface area contributed by atoms with E-state index in [9.17, 15) is 13.6 Å². The molecule has 0 saturated heterocycles. The third kappa shape index (κ3) is 2.73. The molecule has 4 rings (SSSR count). The summed E-state index contributed by atoms with van der Waals surface area (Å²) in [6.07, 6.45) is 0.822. The van der Waals surface area contributed by atoms with Gasteiger partial charge in [0.2, 0.25) is 0 Å². The van der Waals surface area contributed by atoms with Gasteiger partial charge < -0.3 is 4.90 Å². The largest absolute Gasteiger partial charge is 0.334 e. The Morgan fingerprint density at radius 1 is 1.36 bits per heavy atom. The lowest BCUT2D eigenvalue weighted by Crippen LogP contribution is -2.36. The third-order valence-electron chi connectivity index (χ3n) is 4.32. The quantitative estimate of drug-likeness (QED) is 0.717. The van der Waals surface area contributed by atoms with Crippen LogP contribution in [0.5, 0.6) is 0 Å². The maximum Gasteiger partial charge on any atom is 0.282 e. The van der Waals surface area contributed by atoms with E-state index in [-0.39, 0.29) is 5.56 Å². The highest BCUT2D eigenvalue weighted by atomic mass is 19.3. The van der Waals surface area contributed by atoms with Crippen molar-refractivity contribution in [2.45, 2.75) is 19.4 Å². The fourth-order valence-corrected chi connectivity index (χ4v) is 3.14. The Labute approximate surface area is 142 Å². The molecule has 3 aromatic heterocycles. The zero-order valence-corrected chi connectivity index (χ0v) is 13.5. The fraction of sp³-hybridized carbons (Fsp3) is 0.294. The summed E-state index contributed by atoms with van der Waals surface area (Å²) < 4.78 is 27.5. The Morgan fingerprint density at radius 3 is 3.00 bits per heavy atom. The van der Waals surface area contributed by atoms with E-state index in [1.54, 1.807) is 11.1 Å². The van der Waals surface area contributed by atoms with Crippen LogP contribution in [0.4, 0.5) is 8.78 Å². The van der Waals surface area contributed by atoms with Gasteiger partial charge in [0.25, 0.3) is 12.3 Å². The molecule has 0 saturated carbocycles. The average Bonchev–Trinajstić information content (AvgIpc) is 3.01. The number of alkyl halides is 2. The van der Waals surface area contributed by atoms with Gasteiger partial charge in [-0.1, -0.05) is 0 Å². The van der Waals surface area contributed by atoms with Crippen molar-refractivity contribution in [1.29, 1.82) is 0 Å². The SMILES string of the molecule is Cn1cc(C(=O)N2CCc3nc4ncccc4cc3C2)c(C(F)F)n1. The van der Waals surface area contributed by atoms with Gasteiger partial charge in [0.05, 0.1) is 5.56 Å². The molecule has 8 heteroatoms. The van der Waals surface area contributed by atoms with Crippen molar-refractivity contribution in [2.24, 2.45) is 7.05 Å². The molecule has 1 amide bonds. The minimum Gasteiger partial charge on any atom is -0.334 e. The number of amides is 1. The highest BCUT2D eigenvalue weighted by Crippen LogP contribution is 2.26. The van der Waals surface area contributed by atoms with Gasteiger partial charge in [0.15, 0.2) is 5.65 Å². The van der Waals surface area contributed by atoms with E-state index in [4.69, 9.17) is 0 Å². The lowest BCUT2D eigenvalue weighted by Gasteiger charge is -2.28. The number of fused-ring (bicyclic) bond motifs is 2. The molecule has 0 fully saturated rings. The Balaban J connectivity index is 1.66. The van der Waals surface area contributed by atoms with E-state index < -0.39 is 18.0 Å². The van der Waals surface area contributed by atoms with Crippen LogP contribution in [-0.4, -0.2) is 37.1 Å². The lowest BCUT2D eigenvalue weighted by molar-refractivity contribution is 0.0721. The Bertz CT molecular complexity index is 969. The van der Waals surface area contributed by atoms with Gasteiger partial charge in [-0.15, -0.1) is 0 Å². The predicted molar refractivity (Wildman–Crippen MR) is 86.1 cm³/mol. The van der Waals surface area contributed by atoms with Crippen molar-refractivity contribution in [3.8, 4) is 0 Å². The molecule has 0 N–H and O–H groups in total. The predicted octanol–water partition coefficient (Wildman–Crippen LogP) is 2.50. The second-order valence-electron chi connectivity index (χ2n) is 6.02. The molecule has 4 heterocycles. The van der Waals surface area contributed by atoms with E-state index in [2.05, 4.69) is 15.1 Å². The minimum absolute atomic E-state index is 0.0450. The molecule has 0 radical (unpaired) electrons. The van der Waals surface area contributed by atoms with Crippen LogP contribution < -0.4 is 0 Å². The summed E-state index contributed by atoms with van der Waals surface area (Å²) in [5.74, 6) is -0.430. The Morgan fingerprint density at radius 2 is 2.20 bits per heavy atom. The molecular weight excluding hydrogens is 328 g/mol. The van der Waals surface area contributed by atoms with Gasteiger partial charge in [0, 0.05) is 50.0 Å². The molecule has 0 aromatic carbocycles. The first-order valence-corrected chi connectivity index (χ1v) is 7.87. The van der Waals surface area contributed by atoms with Gasteiger partial charge in [-0.05, 0) is 23.8 Å². The first kappa shape index (κ1) is 15.6. The van der Waals surface area contributed by atoms with Crippen LogP contribution in [0.3, 0.4) is 0 Å². The topological polar surface area (TPSA) is 63.9 Å². The molecule has 6 nitrogen and oxygen atoms in total. The molecule has 25 heavy (non-hydrogen) atoms. The average molecular weight is 343 g/mol. The van der Waals surface area contributed by atoms with Crippen LogP contribution in [-0.2, 0) is 20.0 Å². The van der Waals surface area contributed by atoms with Crippen molar-refractivity contribution in [3.63, 3.8) is 0 Å². The number of carbonyl (C=O) groups excluding carboxylic acids is 1. The molecular formula is C17H15F2N5O. The monoisotopic (exact) mass is 343 g/mol. The molecule has 1 aliphatic heterocycles. The molecule has 0 aliphatic carbocycles. The summed E-state index contributed by atoms with van der Waals surface area (Å²) in [6, 6.07) is 5.69. The molecule has 3 aromatic rings. The summed E-state index contributed by atoms with van der Waals surface area (Å²) in [5.41, 5.74) is 1.97. The Hall–Kier alpha value is -2.90. The normalized spacial score (nSPS) is 14.2. The summed E-state index contributed by atoms with van der Waals surface area (Å²) >= 11 is 0. The number of pyridine rings is 2. The third-order valence-corrected chi connectivity index (χ3v) is 4.32. The molecule has 0 bridgehead atoms. The second-order valence-corrected chi connectivity index (χ2v) is 6.02. The maximum absolute atomic E-state index is 13.1. The van der Waals surface area contributed by atoms with E-state index in [0.29, 0.717) is 25.2 Å². The van der Waals surface area contributed by atoms with E-state index in [0.717, 1.165) is 16.6 Å². The number of carbonyl (C=O) groups is 1. The van der Waals surface area contributed by atoms with Crippen LogP contribution in [0, 0.1) is 0 Å². The highest BCUT2D eigenvalue weighted by Gasteiger charge is 2.29. The van der Waals surface area contributed by atoms with Gasteiger partial charge >= 0.3 is 0 Å². The van der Waals surface area contributed by atoms with Gasteiger partial charge in [-0.2, -0.15) is 5.10 Å². The number of nitrogens with zero attached hydrogens (tertiary/aromatic N) is 5. The summed E-state index contributed by atoms with van der Waals surface area (Å²) in [6.45, 7) is 0.762. The minimum atomic E-state index is -2.78. The first-order valence-electron chi connectivity index (χ1n) is 7.87. The lowest BCUT2D eigenvalue weighted by atomic mass is 10.0. The zero-order chi connectivity index (χ0) is 17.6. The van der Waals surface area contributed by atoms with Crippen molar-refractivity contribution >= 4 is 16.9 Å². The fourth-order valence-electron chi connectivity index (χ4n) is 3.14. The van der Waals surface area contributed by atoms with E-state index >= 15 is 0 Å². The highest BCUT2D eigenvalue weighted by molar-refractivity contribution is 5.95. The molecule has 0 spiro atoms. The number of aromatic nitrogens is 4. The van der Waals surface area contributed by atoms with Crippen LogP contribution in [0.25, 0.3) is 11.0 Å². The second kappa shape index (κ2) is 5.87. The summed E-state index contributed by atoms with van der Waals surface area (Å²) in [7, 11) is 1.53. The van der Waals surface area contributed by atoms with Gasteiger partial charge in [0.1, 0.15) is 5.69 Å². The summed E-state index contributed by atoms with van der Waals surface area (Å²) in [5, 5.41) is 4.60. The molecule has 0 unspecified atom stereocenters. The summed E-state index contributed by atoms with van der Waals surface area (Å²) in [4.78, 5) is 23.1. The molecule has 0 atom stereocenters. The first-order chi connectivity index (χ1) is 12.0. The number of hydrogen-bond acceptors (Lipinski definition) is 4. The number of hydrogen-bond donors (Lipinski definition) is 0. The molecule has 1 aliphatic rings. The maximum atomic E-state index is 13.1. The van der Waals surface area contributed by atoms with Crippen LogP contribution >= 0.6 is 0 Å². The van der Waals surface area contributed by atoms with Crippen molar-refractivity contribution in [2.75, 3.05) is 6.54 Å². The van der Waals surface area contributed by atoms with Crippen molar-refractivity contribution in [1.82, 2.24) is 24.6 Å². The van der Waals surface area contributed by atoms with Crippen LogP contribution in [0.15, 0.2) is 30.6 Å². The van der Waals surface area contributed by atoms with Crippen molar-refractivity contribution in [3.05, 3.63) is 53.1 Å².